The molecule has 0 atom stereocenters. The van der Waals surface area contributed by atoms with E-state index in [2.05, 4.69) is 0 Å². The summed E-state index contributed by atoms with van der Waals surface area (Å²) in [5.41, 5.74) is 0.177. The van der Waals surface area contributed by atoms with Crippen LogP contribution in [0.1, 0.15) is 5.56 Å². The smallest absolute Gasteiger partial charge is 0.247 e. The highest BCUT2D eigenvalue weighted by atomic mass is 35.5. The Bertz CT molecular complexity index is 705. The number of rotatable bonds is 4. The highest BCUT2D eigenvalue weighted by molar-refractivity contribution is 8.08. The Morgan fingerprint density at radius 2 is 1.94 bits per heavy atom. The average molecular weight is 309 g/mol. The van der Waals surface area contributed by atoms with Crippen molar-refractivity contribution >= 4 is 37.1 Å². The van der Waals surface area contributed by atoms with Crippen molar-refractivity contribution in [3.8, 4) is 6.07 Å². The first-order chi connectivity index (χ1) is 8.13. The maximum Gasteiger partial charge on any atom is 0.247 e. The molecule has 0 bridgehead atoms. The molecular weight excluding hydrogens is 300 g/mol. The minimum absolute atomic E-state index is 0.0284. The Balaban J connectivity index is 3.09. The third-order valence-corrected chi connectivity index (χ3v) is 5.54. The van der Waals surface area contributed by atoms with Crippen LogP contribution in [0.25, 0.3) is 0 Å². The molecule has 1 N–H and O–H groups in total. The Hall–Kier alpha value is -1.30. The van der Waals surface area contributed by atoms with Crippen LogP contribution < -0.4 is 4.72 Å². The lowest BCUT2D eigenvalue weighted by Crippen LogP contribution is -2.22. The van der Waals surface area contributed by atoms with Gasteiger partial charge >= 0.3 is 0 Å². The van der Waals surface area contributed by atoms with Crippen LogP contribution in [-0.4, -0.2) is 28.2 Å². The lowest BCUT2D eigenvalue weighted by atomic mass is 10.2. The van der Waals surface area contributed by atoms with Gasteiger partial charge in [-0.15, -0.1) is 0 Å². The van der Waals surface area contributed by atoms with E-state index in [0.717, 1.165) is 6.26 Å². The zero-order chi connectivity index (χ0) is 14.0. The van der Waals surface area contributed by atoms with E-state index in [-0.39, 0.29) is 16.3 Å². The molecule has 1 aromatic carbocycles. The number of benzene rings is 1. The van der Waals surface area contributed by atoms with Gasteiger partial charge in [0.05, 0.1) is 22.3 Å². The Morgan fingerprint density at radius 1 is 1.33 bits per heavy atom. The number of sulfonamides is 1. The van der Waals surface area contributed by atoms with Crippen molar-refractivity contribution in [3.63, 3.8) is 0 Å². The number of nitriles is 1. The van der Waals surface area contributed by atoms with Gasteiger partial charge in [0.1, 0.15) is 0 Å². The lowest BCUT2D eigenvalue weighted by Gasteiger charge is -2.08. The molecule has 98 valence electrons. The molecule has 18 heavy (non-hydrogen) atoms. The van der Waals surface area contributed by atoms with Crippen LogP contribution in [-0.2, 0) is 19.9 Å². The van der Waals surface area contributed by atoms with E-state index in [9.17, 15) is 16.8 Å². The number of hydrogen-bond donors (Lipinski definition) is 1. The van der Waals surface area contributed by atoms with E-state index in [1.165, 1.54) is 18.2 Å². The maximum absolute atomic E-state index is 11.5. The molecule has 0 heterocycles. The van der Waals surface area contributed by atoms with Crippen molar-refractivity contribution < 1.29 is 16.8 Å². The molecule has 0 unspecified atom stereocenters. The summed E-state index contributed by atoms with van der Waals surface area (Å²) < 4.78 is 47.0. The second-order valence-electron chi connectivity index (χ2n) is 3.57. The van der Waals surface area contributed by atoms with Crippen LogP contribution in [0.4, 0.5) is 5.69 Å². The van der Waals surface area contributed by atoms with E-state index in [1.807, 2.05) is 10.8 Å². The molecule has 0 saturated carbocycles. The normalized spacial score (nSPS) is 11.8. The van der Waals surface area contributed by atoms with Crippen molar-refractivity contribution in [2.75, 3.05) is 16.1 Å². The van der Waals surface area contributed by atoms with Crippen LogP contribution in [0.15, 0.2) is 18.2 Å². The monoisotopic (exact) mass is 308 g/mol. The summed E-state index contributed by atoms with van der Waals surface area (Å²) in [4.78, 5) is 0. The predicted molar refractivity (Wildman–Crippen MR) is 68.4 cm³/mol. The van der Waals surface area contributed by atoms with Crippen molar-refractivity contribution in [1.82, 2.24) is 0 Å². The van der Waals surface area contributed by atoms with E-state index < -0.39 is 24.9 Å². The number of hydrogen-bond acceptors (Lipinski definition) is 5. The Labute approximate surface area is 110 Å². The molecule has 0 saturated heterocycles. The minimum Gasteiger partial charge on any atom is -0.281 e. The highest BCUT2D eigenvalue weighted by Crippen LogP contribution is 2.24. The van der Waals surface area contributed by atoms with Gasteiger partial charge < -0.3 is 0 Å². The van der Waals surface area contributed by atoms with Gasteiger partial charge in [0.25, 0.3) is 0 Å². The molecule has 0 fully saturated rings. The predicted octanol–water partition coefficient (Wildman–Crippen LogP) is 0.955. The Morgan fingerprint density at radius 3 is 2.44 bits per heavy atom. The summed E-state index contributed by atoms with van der Waals surface area (Å²) in [6.07, 6.45) is 0.805. The first kappa shape index (κ1) is 14.8. The standard InChI is InChI=1S/C9H9ClN2O4S2/c1-17(13,14)6-18(15,16)12-9-4-7(5-11)2-3-8(9)10/h2-4,12H,6H2,1H3. The molecule has 0 radical (unpaired) electrons. The average Bonchev–Trinajstić information content (AvgIpc) is 2.17. The van der Waals surface area contributed by atoms with Gasteiger partial charge in [0.15, 0.2) is 14.9 Å². The number of anilines is 1. The minimum atomic E-state index is -4.07. The van der Waals surface area contributed by atoms with Crippen LogP contribution in [0, 0.1) is 11.3 Å². The van der Waals surface area contributed by atoms with Crippen LogP contribution in [0.5, 0.6) is 0 Å². The van der Waals surface area contributed by atoms with Gasteiger partial charge in [-0.2, -0.15) is 5.26 Å². The van der Waals surface area contributed by atoms with Crippen molar-refractivity contribution in [2.45, 2.75) is 0 Å². The molecule has 0 aromatic heterocycles. The summed E-state index contributed by atoms with van der Waals surface area (Å²) in [6, 6.07) is 5.80. The van der Waals surface area contributed by atoms with E-state index >= 15 is 0 Å². The topological polar surface area (TPSA) is 104 Å². The summed E-state index contributed by atoms with van der Waals surface area (Å²) in [5.74, 6) is 0. The third-order valence-electron chi connectivity index (χ3n) is 1.73. The van der Waals surface area contributed by atoms with E-state index in [4.69, 9.17) is 16.9 Å². The van der Waals surface area contributed by atoms with Gasteiger partial charge in [0, 0.05) is 6.26 Å². The van der Waals surface area contributed by atoms with Crippen molar-refractivity contribution in [2.24, 2.45) is 0 Å². The molecule has 0 amide bonds. The molecule has 9 heteroatoms. The number of nitrogens with zero attached hydrogens (tertiary/aromatic N) is 1. The number of nitrogens with one attached hydrogen (secondary N) is 1. The molecule has 0 aliphatic rings. The molecule has 0 aliphatic heterocycles. The first-order valence-corrected chi connectivity index (χ1v) is 8.60. The highest BCUT2D eigenvalue weighted by Gasteiger charge is 2.19. The SMILES string of the molecule is CS(=O)(=O)CS(=O)(=O)Nc1cc(C#N)ccc1Cl. The van der Waals surface area contributed by atoms with Gasteiger partial charge in [-0.25, -0.2) is 16.8 Å². The first-order valence-electron chi connectivity index (χ1n) is 4.51. The largest absolute Gasteiger partial charge is 0.281 e. The fourth-order valence-electron chi connectivity index (χ4n) is 1.15. The lowest BCUT2D eigenvalue weighted by molar-refractivity contribution is 0.595. The summed E-state index contributed by atoms with van der Waals surface area (Å²) >= 11 is 5.74. The number of halogens is 1. The third kappa shape index (κ3) is 4.52. The van der Waals surface area contributed by atoms with Crippen LogP contribution in [0.3, 0.4) is 0 Å². The fourth-order valence-corrected chi connectivity index (χ4v) is 4.37. The molecule has 1 aromatic rings. The molecule has 0 aliphatic carbocycles. The number of sulfone groups is 1. The van der Waals surface area contributed by atoms with Crippen molar-refractivity contribution in [3.05, 3.63) is 28.8 Å². The Kier molecular flexibility index (Phi) is 4.21. The molecule has 6 nitrogen and oxygen atoms in total. The molecular formula is C9H9ClN2O4S2. The fraction of sp³-hybridized carbons (Fsp3) is 0.222. The zero-order valence-electron chi connectivity index (χ0n) is 9.21. The van der Waals surface area contributed by atoms with Crippen molar-refractivity contribution in [1.29, 1.82) is 5.26 Å². The second kappa shape index (κ2) is 5.14. The van der Waals surface area contributed by atoms with Gasteiger partial charge in [0.2, 0.25) is 10.0 Å². The van der Waals surface area contributed by atoms with Gasteiger partial charge in [-0.3, -0.25) is 4.72 Å². The molecule has 1 rings (SSSR count). The molecule has 0 spiro atoms. The van der Waals surface area contributed by atoms with Gasteiger partial charge in [-0.05, 0) is 18.2 Å². The van der Waals surface area contributed by atoms with Crippen LogP contribution >= 0.6 is 11.6 Å². The van der Waals surface area contributed by atoms with E-state index in [0.29, 0.717) is 0 Å². The summed E-state index contributed by atoms with van der Waals surface area (Å²) in [7, 11) is -7.76. The summed E-state index contributed by atoms with van der Waals surface area (Å²) in [6.45, 7) is 0. The maximum atomic E-state index is 11.5. The quantitative estimate of drug-likeness (QED) is 0.892. The summed E-state index contributed by atoms with van der Waals surface area (Å²) in [5, 5.41) is 7.70. The van der Waals surface area contributed by atoms with Crippen LogP contribution in [0.2, 0.25) is 5.02 Å². The zero-order valence-corrected chi connectivity index (χ0v) is 11.6. The van der Waals surface area contributed by atoms with E-state index in [1.54, 1.807) is 0 Å². The second-order valence-corrected chi connectivity index (χ2v) is 8.20. The van der Waals surface area contributed by atoms with Gasteiger partial charge in [-0.1, -0.05) is 11.6 Å².